The van der Waals surface area contributed by atoms with Crippen molar-refractivity contribution in [2.24, 2.45) is 0 Å². The molecule has 2 heterocycles. The zero-order chi connectivity index (χ0) is 18.3. The number of aromatic nitrogens is 2. The average Bonchev–Trinajstić information content (AvgIpc) is 2.94. The Hall–Kier alpha value is -1.81. The minimum atomic E-state index is 0.700. The molecule has 0 saturated heterocycles. The van der Waals surface area contributed by atoms with Gasteiger partial charge in [-0.2, -0.15) is 0 Å². The lowest BCUT2D eigenvalue weighted by Gasteiger charge is -2.08. The summed E-state index contributed by atoms with van der Waals surface area (Å²) in [5.41, 5.74) is 6.25. The van der Waals surface area contributed by atoms with Crippen LogP contribution in [-0.2, 0) is 6.42 Å². The van der Waals surface area contributed by atoms with Crippen LogP contribution in [0.4, 0.5) is 0 Å². The van der Waals surface area contributed by atoms with Gasteiger partial charge in [0.15, 0.2) is 0 Å². The molecular formula is C21H15BrCl2N2. The fraction of sp³-hybridized carbons (Fsp3) is 0.0952. The van der Waals surface area contributed by atoms with Crippen molar-refractivity contribution in [2.45, 2.75) is 13.3 Å². The Kier molecular flexibility index (Phi) is 4.78. The fourth-order valence-electron chi connectivity index (χ4n) is 3.19. The Balaban J connectivity index is 1.97. The molecule has 0 bridgehead atoms. The first-order chi connectivity index (χ1) is 12.5. The van der Waals surface area contributed by atoms with E-state index in [0.717, 1.165) is 49.6 Å². The molecule has 4 rings (SSSR count). The molecule has 2 aromatic carbocycles. The molecule has 2 nitrogen and oxygen atoms in total. The number of benzene rings is 2. The summed E-state index contributed by atoms with van der Waals surface area (Å²) in [6, 6.07) is 17.8. The second-order valence-electron chi connectivity index (χ2n) is 6.26. The molecule has 0 saturated carbocycles. The number of hydrogen-bond donors (Lipinski definition) is 0. The summed E-state index contributed by atoms with van der Waals surface area (Å²) >= 11 is 16.0. The van der Waals surface area contributed by atoms with Crippen molar-refractivity contribution >= 4 is 44.8 Å². The average molecular weight is 446 g/mol. The van der Waals surface area contributed by atoms with Crippen LogP contribution in [-0.4, -0.2) is 9.38 Å². The highest BCUT2D eigenvalue weighted by Gasteiger charge is 2.17. The van der Waals surface area contributed by atoms with E-state index in [0.29, 0.717) is 5.02 Å². The Morgan fingerprint density at radius 2 is 1.73 bits per heavy atom. The minimum Gasteiger partial charge on any atom is -0.302 e. The van der Waals surface area contributed by atoms with Crippen LogP contribution in [0.15, 0.2) is 65.3 Å². The van der Waals surface area contributed by atoms with Gasteiger partial charge in [0, 0.05) is 32.7 Å². The van der Waals surface area contributed by atoms with Gasteiger partial charge >= 0.3 is 0 Å². The highest BCUT2D eigenvalue weighted by Crippen LogP contribution is 2.31. The first kappa shape index (κ1) is 17.6. The lowest BCUT2D eigenvalue weighted by molar-refractivity contribution is 1.02. The molecule has 0 N–H and O–H groups in total. The topological polar surface area (TPSA) is 17.3 Å². The number of nitrogens with zero attached hydrogens (tertiary/aromatic N) is 2. The number of hydrogen-bond acceptors (Lipinski definition) is 1. The molecule has 0 amide bonds. The summed E-state index contributed by atoms with van der Waals surface area (Å²) in [4.78, 5) is 4.93. The van der Waals surface area contributed by atoms with Crippen LogP contribution < -0.4 is 0 Å². The maximum absolute atomic E-state index is 6.22. The molecule has 0 aliphatic rings. The molecule has 5 heteroatoms. The van der Waals surface area contributed by atoms with Gasteiger partial charge < -0.3 is 4.40 Å². The van der Waals surface area contributed by atoms with Crippen molar-refractivity contribution in [3.05, 3.63) is 92.1 Å². The molecule has 0 spiro atoms. The van der Waals surface area contributed by atoms with E-state index >= 15 is 0 Å². The predicted molar refractivity (Wildman–Crippen MR) is 112 cm³/mol. The van der Waals surface area contributed by atoms with Gasteiger partial charge in [-0.25, -0.2) is 4.98 Å². The monoisotopic (exact) mass is 444 g/mol. The second-order valence-corrected chi connectivity index (χ2v) is 8.05. The molecule has 0 atom stereocenters. The van der Waals surface area contributed by atoms with Crippen LogP contribution in [0.25, 0.3) is 16.9 Å². The van der Waals surface area contributed by atoms with Gasteiger partial charge in [-0.05, 0) is 64.3 Å². The SMILES string of the molecule is Cc1cc(Br)cn2c(Cc3cccc(Cl)c3)c(-c3cccc(Cl)c3)nc12. The number of rotatable bonds is 3. The highest BCUT2D eigenvalue weighted by atomic mass is 79.9. The highest BCUT2D eigenvalue weighted by molar-refractivity contribution is 9.10. The maximum atomic E-state index is 6.22. The van der Waals surface area contributed by atoms with Crippen LogP contribution in [0.3, 0.4) is 0 Å². The zero-order valence-corrected chi connectivity index (χ0v) is 17.1. The first-order valence-corrected chi connectivity index (χ1v) is 9.73. The number of fused-ring (bicyclic) bond motifs is 1. The van der Waals surface area contributed by atoms with E-state index in [4.69, 9.17) is 28.2 Å². The van der Waals surface area contributed by atoms with Crippen molar-refractivity contribution in [2.75, 3.05) is 0 Å². The summed E-state index contributed by atoms with van der Waals surface area (Å²) in [5, 5.41) is 1.43. The molecule has 0 aliphatic heterocycles. The van der Waals surface area contributed by atoms with Crippen molar-refractivity contribution in [1.82, 2.24) is 9.38 Å². The van der Waals surface area contributed by atoms with E-state index in [1.807, 2.05) is 42.5 Å². The third kappa shape index (κ3) is 3.39. The molecule has 0 aliphatic carbocycles. The number of aryl methyl sites for hydroxylation is 1. The number of halogens is 3. The lowest BCUT2D eigenvalue weighted by atomic mass is 10.0. The Morgan fingerprint density at radius 3 is 2.46 bits per heavy atom. The van der Waals surface area contributed by atoms with E-state index in [9.17, 15) is 0 Å². The molecule has 4 aromatic rings. The van der Waals surface area contributed by atoms with E-state index in [2.05, 4.69) is 45.6 Å². The number of pyridine rings is 1. The largest absolute Gasteiger partial charge is 0.302 e. The molecular weight excluding hydrogens is 431 g/mol. The predicted octanol–water partition coefficient (Wildman–Crippen LogP) is 6.97. The summed E-state index contributed by atoms with van der Waals surface area (Å²) in [6.45, 7) is 2.07. The van der Waals surface area contributed by atoms with Crippen LogP contribution in [0.5, 0.6) is 0 Å². The quantitative estimate of drug-likeness (QED) is 0.332. The smallest absolute Gasteiger partial charge is 0.140 e. The van der Waals surface area contributed by atoms with E-state index in [-0.39, 0.29) is 0 Å². The van der Waals surface area contributed by atoms with Gasteiger partial charge in [0.25, 0.3) is 0 Å². The molecule has 0 unspecified atom stereocenters. The van der Waals surface area contributed by atoms with E-state index in [1.54, 1.807) is 0 Å². The molecule has 130 valence electrons. The van der Waals surface area contributed by atoms with Crippen molar-refractivity contribution in [3.8, 4) is 11.3 Å². The summed E-state index contributed by atoms with van der Waals surface area (Å²) in [5.74, 6) is 0. The minimum absolute atomic E-state index is 0.700. The normalized spacial score (nSPS) is 11.2. The van der Waals surface area contributed by atoms with Crippen LogP contribution >= 0.6 is 39.1 Å². The van der Waals surface area contributed by atoms with Gasteiger partial charge in [-0.3, -0.25) is 0 Å². The molecule has 2 aromatic heterocycles. The van der Waals surface area contributed by atoms with Gasteiger partial charge in [-0.1, -0.05) is 47.5 Å². The lowest BCUT2D eigenvalue weighted by Crippen LogP contribution is -1.98. The van der Waals surface area contributed by atoms with Gasteiger partial charge in [0.05, 0.1) is 11.4 Å². The number of imidazole rings is 1. The molecule has 26 heavy (non-hydrogen) atoms. The van der Waals surface area contributed by atoms with Crippen LogP contribution in [0.2, 0.25) is 10.0 Å². The van der Waals surface area contributed by atoms with Gasteiger partial charge in [-0.15, -0.1) is 0 Å². The van der Waals surface area contributed by atoms with E-state index < -0.39 is 0 Å². The van der Waals surface area contributed by atoms with Crippen molar-refractivity contribution in [1.29, 1.82) is 0 Å². The molecule has 0 radical (unpaired) electrons. The Morgan fingerprint density at radius 1 is 1.00 bits per heavy atom. The zero-order valence-electron chi connectivity index (χ0n) is 14.0. The van der Waals surface area contributed by atoms with Crippen molar-refractivity contribution < 1.29 is 0 Å². The second kappa shape index (κ2) is 7.07. The van der Waals surface area contributed by atoms with E-state index in [1.165, 1.54) is 0 Å². The summed E-state index contributed by atoms with van der Waals surface area (Å²) in [7, 11) is 0. The summed E-state index contributed by atoms with van der Waals surface area (Å²) in [6.07, 6.45) is 2.78. The van der Waals surface area contributed by atoms with Gasteiger partial charge in [0.1, 0.15) is 5.65 Å². The Labute approximate surface area is 170 Å². The maximum Gasteiger partial charge on any atom is 0.140 e. The van der Waals surface area contributed by atoms with Crippen LogP contribution in [0.1, 0.15) is 16.8 Å². The third-order valence-electron chi connectivity index (χ3n) is 4.33. The van der Waals surface area contributed by atoms with Crippen LogP contribution in [0, 0.1) is 6.92 Å². The van der Waals surface area contributed by atoms with Crippen molar-refractivity contribution in [3.63, 3.8) is 0 Å². The standard InChI is InChI=1S/C21H15BrCl2N2/c1-13-8-16(22)12-26-19(10-14-4-2-6-17(23)9-14)20(25-21(13)26)15-5-3-7-18(24)11-15/h2-9,11-12H,10H2,1H3. The fourth-order valence-corrected chi connectivity index (χ4v) is 4.14. The van der Waals surface area contributed by atoms with Gasteiger partial charge in [0.2, 0.25) is 0 Å². The third-order valence-corrected chi connectivity index (χ3v) is 5.23. The summed E-state index contributed by atoms with van der Waals surface area (Å²) < 4.78 is 3.17. The Bertz CT molecular complexity index is 1120. The molecule has 0 fully saturated rings. The first-order valence-electron chi connectivity index (χ1n) is 8.19.